The Balaban J connectivity index is 1.52. The van der Waals surface area contributed by atoms with Crippen molar-refractivity contribution in [1.29, 1.82) is 0 Å². The molecule has 2 aliphatic rings. The van der Waals surface area contributed by atoms with Gasteiger partial charge in [-0.25, -0.2) is 4.79 Å². The van der Waals surface area contributed by atoms with Gasteiger partial charge in [0.25, 0.3) is 0 Å². The van der Waals surface area contributed by atoms with E-state index in [4.69, 9.17) is 4.74 Å². The summed E-state index contributed by atoms with van der Waals surface area (Å²) in [5, 5.41) is 17.0. The zero-order chi connectivity index (χ0) is 25.4. The van der Waals surface area contributed by atoms with Crippen molar-refractivity contribution < 1.29 is 14.6 Å². The molecule has 0 radical (unpaired) electrons. The van der Waals surface area contributed by atoms with Gasteiger partial charge in [-0.3, -0.25) is 5.01 Å². The molecule has 0 aromatic heterocycles. The van der Waals surface area contributed by atoms with Gasteiger partial charge in [-0.2, -0.15) is 5.10 Å². The molecule has 4 rings (SSSR count). The lowest BCUT2D eigenvalue weighted by Gasteiger charge is -2.45. The number of likely N-dealkylation sites (N-methyl/N-ethyl adjacent to an activating group) is 1. The number of carbonyl (C=O) groups is 1. The number of aliphatic hydroxyl groups is 1. The summed E-state index contributed by atoms with van der Waals surface area (Å²) >= 11 is 0. The quantitative estimate of drug-likeness (QED) is 0.580. The van der Waals surface area contributed by atoms with Crippen LogP contribution in [0.15, 0.2) is 83.6 Å². The van der Waals surface area contributed by atoms with E-state index < -0.39 is 11.2 Å². The fourth-order valence-electron chi connectivity index (χ4n) is 4.94. The molecular formula is C29H35N3O3. The first-order chi connectivity index (χ1) is 16.5. The average molecular weight is 474 g/mol. The standard InChI is InChI=1S/C29H35N3O3/c1-20-18-26(30-31(6)21(20)2)24-14-12-23(13-15-24)22(3)32-17-16-29(35-27(32)33,19-28(4,5)34)25-10-8-7-9-11-25/h7-15,18,22,34H,2,16-17,19H2,1,3-6H3/t22-,29-/m0/s1. The molecule has 1 N–H and O–H groups in total. The second kappa shape index (κ2) is 9.34. The third kappa shape index (κ3) is 5.17. The summed E-state index contributed by atoms with van der Waals surface area (Å²) < 4.78 is 6.13. The summed E-state index contributed by atoms with van der Waals surface area (Å²) in [5.74, 6) is 0. The molecule has 2 aliphatic heterocycles. The molecule has 1 fully saturated rings. The third-order valence-corrected chi connectivity index (χ3v) is 6.90. The molecule has 0 bridgehead atoms. The van der Waals surface area contributed by atoms with E-state index in [0.29, 0.717) is 19.4 Å². The highest BCUT2D eigenvalue weighted by molar-refractivity contribution is 6.09. The van der Waals surface area contributed by atoms with E-state index >= 15 is 0 Å². The van der Waals surface area contributed by atoms with Crippen LogP contribution in [-0.2, 0) is 10.3 Å². The Labute approximate surface area is 208 Å². The summed E-state index contributed by atoms with van der Waals surface area (Å²) in [4.78, 5) is 15.0. The maximum Gasteiger partial charge on any atom is 0.411 e. The molecule has 1 saturated heterocycles. The molecule has 35 heavy (non-hydrogen) atoms. The number of cyclic esters (lactones) is 1. The second-order valence-electron chi connectivity index (χ2n) is 10.2. The van der Waals surface area contributed by atoms with Crippen molar-refractivity contribution in [2.75, 3.05) is 13.6 Å². The number of ether oxygens (including phenoxy) is 1. The van der Waals surface area contributed by atoms with Crippen molar-refractivity contribution >= 4 is 11.8 Å². The molecule has 0 spiro atoms. The van der Waals surface area contributed by atoms with Gasteiger partial charge in [0.05, 0.1) is 23.1 Å². The maximum absolute atomic E-state index is 13.3. The van der Waals surface area contributed by atoms with E-state index in [2.05, 4.69) is 11.7 Å². The fourth-order valence-corrected chi connectivity index (χ4v) is 4.94. The number of hydrogen-bond acceptors (Lipinski definition) is 5. The number of allylic oxidation sites excluding steroid dienone is 2. The van der Waals surface area contributed by atoms with Crippen LogP contribution in [0.3, 0.4) is 0 Å². The summed E-state index contributed by atoms with van der Waals surface area (Å²) in [5.41, 5.74) is 3.97. The second-order valence-corrected chi connectivity index (χ2v) is 10.2. The summed E-state index contributed by atoms with van der Waals surface area (Å²) in [6.45, 7) is 12.1. The van der Waals surface area contributed by atoms with Gasteiger partial charge in [0.15, 0.2) is 0 Å². The van der Waals surface area contributed by atoms with E-state index in [9.17, 15) is 9.90 Å². The van der Waals surface area contributed by atoms with Gasteiger partial charge < -0.3 is 14.7 Å². The Kier molecular flexibility index (Phi) is 6.60. The number of hydrogen-bond donors (Lipinski definition) is 1. The largest absolute Gasteiger partial charge is 0.438 e. The molecule has 6 heteroatoms. The number of carbonyl (C=O) groups excluding carboxylic acids is 1. The first-order valence-electron chi connectivity index (χ1n) is 12.1. The van der Waals surface area contributed by atoms with Crippen molar-refractivity contribution in [2.45, 2.75) is 57.8 Å². The third-order valence-electron chi connectivity index (χ3n) is 6.90. The zero-order valence-electron chi connectivity index (χ0n) is 21.3. The first kappa shape index (κ1) is 24.7. The molecule has 2 atom stereocenters. The fraction of sp³-hybridized carbons (Fsp3) is 0.379. The molecule has 2 heterocycles. The zero-order valence-corrected chi connectivity index (χ0v) is 21.3. The van der Waals surface area contributed by atoms with Crippen LogP contribution in [0.1, 0.15) is 63.3 Å². The van der Waals surface area contributed by atoms with Gasteiger partial charge in [0, 0.05) is 32.0 Å². The minimum absolute atomic E-state index is 0.152. The van der Waals surface area contributed by atoms with Gasteiger partial charge in [-0.05, 0) is 50.5 Å². The lowest BCUT2D eigenvalue weighted by molar-refractivity contribution is -0.101. The Morgan fingerprint density at radius 1 is 1.17 bits per heavy atom. The molecule has 0 aliphatic carbocycles. The minimum atomic E-state index is -0.977. The molecule has 2 aromatic rings. The van der Waals surface area contributed by atoms with Crippen molar-refractivity contribution in [3.63, 3.8) is 0 Å². The number of amides is 1. The van der Waals surface area contributed by atoms with Crippen LogP contribution in [0, 0.1) is 0 Å². The monoisotopic (exact) mass is 473 g/mol. The summed E-state index contributed by atoms with van der Waals surface area (Å²) in [6.07, 6.45) is 2.61. The van der Waals surface area contributed by atoms with Crippen molar-refractivity contribution in [3.05, 3.63) is 95.2 Å². The normalized spacial score (nSPS) is 21.9. The lowest BCUT2D eigenvalue weighted by Crippen LogP contribution is -2.51. The van der Waals surface area contributed by atoms with Crippen LogP contribution >= 0.6 is 0 Å². The number of hydrazone groups is 1. The van der Waals surface area contributed by atoms with Crippen molar-refractivity contribution in [2.24, 2.45) is 5.10 Å². The molecule has 2 aromatic carbocycles. The van der Waals surface area contributed by atoms with E-state index in [1.165, 1.54) is 0 Å². The smallest absolute Gasteiger partial charge is 0.411 e. The van der Waals surface area contributed by atoms with Gasteiger partial charge in [-0.15, -0.1) is 0 Å². The van der Waals surface area contributed by atoms with E-state index in [0.717, 1.165) is 33.7 Å². The van der Waals surface area contributed by atoms with Crippen LogP contribution in [-0.4, -0.2) is 46.0 Å². The highest BCUT2D eigenvalue weighted by Gasteiger charge is 2.46. The number of nitrogens with zero attached hydrogens (tertiary/aromatic N) is 3. The maximum atomic E-state index is 13.3. The summed E-state index contributed by atoms with van der Waals surface area (Å²) in [7, 11) is 1.89. The van der Waals surface area contributed by atoms with Gasteiger partial charge >= 0.3 is 6.09 Å². The molecule has 184 valence electrons. The van der Waals surface area contributed by atoms with Gasteiger partial charge in [-0.1, -0.05) is 61.2 Å². The predicted octanol–water partition coefficient (Wildman–Crippen LogP) is 5.76. The highest BCUT2D eigenvalue weighted by Crippen LogP contribution is 2.42. The molecule has 0 saturated carbocycles. The topological polar surface area (TPSA) is 65.4 Å². The molecule has 0 unspecified atom stereocenters. The van der Waals surface area contributed by atoms with Crippen molar-refractivity contribution in [3.8, 4) is 0 Å². The van der Waals surface area contributed by atoms with E-state index in [-0.39, 0.29) is 12.1 Å². The first-order valence-corrected chi connectivity index (χ1v) is 12.1. The van der Waals surface area contributed by atoms with Crippen LogP contribution in [0.25, 0.3) is 0 Å². The lowest BCUT2D eigenvalue weighted by atomic mass is 9.80. The van der Waals surface area contributed by atoms with E-state index in [1.54, 1.807) is 23.8 Å². The Morgan fingerprint density at radius 3 is 2.40 bits per heavy atom. The molecule has 6 nitrogen and oxygen atoms in total. The number of benzene rings is 2. The Morgan fingerprint density at radius 2 is 1.83 bits per heavy atom. The van der Waals surface area contributed by atoms with Gasteiger partial charge in [0.1, 0.15) is 5.60 Å². The van der Waals surface area contributed by atoms with Crippen LogP contribution < -0.4 is 0 Å². The van der Waals surface area contributed by atoms with E-state index in [1.807, 2.05) is 81.6 Å². The minimum Gasteiger partial charge on any atom is -0.438 e. The average Bonchev–Trinajstić information content (AvgIpc) is 2.81. The van der Waals surface area contributed by atoms with Crippen LogP contribution in [0.2, 0.25) is 0 Å². The SMILES string of the molecule is C=C1C(C)=CC(c2ccc([C@H](C)N3CC[C@](CC(C)(C)O)(c4ccccc4)OC3=O)cc2)=NN1C. The molecular weight excluding hydrogens is 438 g/mol. The molecule has 1 amide bonds. The van der Waals surface area contributed by atoms with Crippen LogP contribution in [0.4, 0.5) is 4.79 Å². The van der Waals surface area contributed by atoms with Crippen LogP contribution in [0.5, 0.6) is 0 Å². The highest BCUT2D eigenvalue weighted by atomic mass is 16.6. The predicted molar refractivity (Wildman–Crippen MR) is 139 cm³/mol. The Hall–Kier alpha value is -3.38. The Bertz CT molecular complexity index is 1160. The number of rotatable bonds is 6. The van der Waals surface area contributed by atoms with Crippen molar-refractivity contribution in [1.82, 2.24) is 9.91 Å². The van der Waals surface area contributed by atoms with Gasteiger partial charge in [0.2, 0.25) is 0 Å². The summed E-state index contributed by atoms with van der Waals surface area (Å²) in [6, 6.07) is 17.7.